The summed E-state index contributed by atoms with van der Waals surface area (Å²) >= 11 is 0. The summed E-state index contributed by atoms with van der Waals surface area (Å²) in [7, 11) is 0. The first-order chi connectivity index (χ1) is 7.79. The van der Waals surface area contributed by atoms with Gasteiger partial charge in [-0.3, -0.25) is 0 Å². The molecule has 0 radical (unpaired) electrons. The van der Waals surface area contributed by atoms with Crippen LogP contribution in [0.3, 0.4) is 0 Å². The standard InChI is InChI=1S/C13H18FNO/c14-12-1-3-13(4-2-12)15-8-5-11(6-9-15)7-10-16/h1-4,11,16H,5-10H2. The molecule has 1 aliphatic heterocycles. The zero-order valence-corrected chi connectivity index (χ0v) is 9.40. The first kappa shape index (κ1) is 11.4. The van der Waals surface area contributed by atoms with Gasteiger partial charge in [-0.2, -0.15) is 0 Å². The van der Waals surface area contributed by atoms with E-state index in [1.54, 1.807) is 0 Å². The number of hydrogen-bond donors (Lipinski definition) is 1. The molecule has 0 bridgehead atoms. The van der Waals surface area contributed by atoms with Crippen LogP contribution in [0.1, 0.15) is 19.3 Å². The van der Waals surface area contributed by atoms with Crippen molar-refractivity contribution in [2.75, 3.05) is 24.6 Å². The second-order valence-electron chi connectivity index (χ2n) is 4.42. The van der Waals surface area contributed by atoms with Gasteiger partial charge in [0.1, 0.15) is 5.82 Å². The van der Waals surface area contributed by atoms with Gasteiger partial charge in [-0.05, 0) is 49.4 Å². The van der Waals surface area contributed by atoms with Crippen molar-refractivity contribution < 1.29 is 9.50 Å². The van der Waals surface area contributed by atoms with Crippen LogP contribution in [0.5, 0.6) is 0 Å². The Labute approximate surface area is 95.7 Å². The number of halogens is 1. The maximum atomic E-state index is 12.8. The normalized spacial score (nSPS) is 17.8. The Balaban J connectivity index is 1.91. The highest BCUT2D eigenvalue weighted by molar-refractivity contribution is 5.46. The van der Waals surface area contributed by atoms with E-state index in [4.69, 9.17) is 5.11 Å². The van der Waals surface area contributed by atoms with Crippen LogP contribution in [-0.4, -0.2) is 24.8 Å². The van der Waals surface area contributed by atoms with Gasteiger partial charge in [-0.25, -0.2) is 4.39 Å². The number of aliphatic hydroxyl groups excluding tert-OH is 1. The summed E-state index contributed by atoms with van der Waals surface area (Å²) in [5, 5.41) is 8.88. The molecule has 0 unspecified atom stereocenters. The Hall–Kier alpha value is -1.09. The lowest BCUT2D eigenvalue weighted by Crippen LogP contribution is -2.33. The molecule has 1 N–H and O–H groups in total. The van der Waals surface area contributed by atoms with E-state index in [2.05, 4.69) is 4.90 Å². The molecule has 0 aromatic heterocycles. The molecule has 0 spiro atoms. The molecule has 88 valence electrons. The van der Waals surface area contributed by atoms with Crippen molar-refractivity contribution in [2.45, 2.75) is 19.3 Å². The summed E-state index contributed by atoms with van der Waals surface area (Å²) < 4.78 is 12.8. The lowest BCUT2D eigenvalue weighted by Gasteiger charge is -2.33. The molecule has 3 heteroatoms. The molecule has 16 heavy (non-hydrogen) atoms. The second-order valence-corrected chi connectivity index (χ2v) is 4.42. The maximum Gasteiger partial charge on any atom is 0.123 e. The Morgan fingerprint density at radius 3 is 2.38 bits per heavy atom. The highest BCUT2D eigenvalue weighted by Gasteiger charge is 2.18. The summed E-state index contributed by atoms with van der Waals surface area (Å²) in [6, 6.07) is 6.69. The minimum Gasteiger partial charge on any atom is -0.396 e. The molecule has 1 heterocycles. The molecule has 1 aliphatic rings. The van der Waals surface area contributed by atoms with Crippen LogP contribution in [0.15, 0.2) is 24.3 Å². The quantitative estimate of drug-likeness (QED) is 0.850. The zero-order chi connectivity index (χ0) is 11.4. The van der Waals surface area contributed by atoms with Crippen LogP contribution in [0.2, 0.25) is 0 Å². The van der Waals surface area contributed by atoms with Crippen molar-refractivity contribution in [3.05, 3.63) is 30.1 Å². The fourth-order valence-corrected chi connectivity index (χ4v) is 2.31. The van der Waals surface area contributed by atoms with Gasteiger partial charge in [0.05, 0.1) is 0 Å². The molecule has 0 saturated carbocycles. The van der Waals surface area contributed by atoms with E-state index in [-0.39, 0.29) is 5.82 Å². The summed E-state index contributed by atoms with van der Waals surface area (Å²) in [4.78, 5) is 2.29. The predicted octanol–water partition coefficient (Wildman–Crippen LogP) is 2.42. The molecule has 1 saturated heterocycles. The van der Waals surface area contributed by atoms with Gasteiger partial charge < -0.3 is 10.0 Å². The van der Waals surface area contributed by atoms with Crippen molar-refractivity contribution in [3.63, 3.8) is 0 Å². The highest BCUT2D eigenvalue weighted by atomic mass is 19.1. The van der Waals surface area contributed by atoms with E-state index in [0.717, 1.165) is 38.0 Å². The van der Waals surface area contributed by atoms with Gasteiger partial charge in [0.2, 0.25) is 0 Å². The van der Waals surface area contributed by atoms with Gasteiger partial charge in [0.15, 0.2) is 0 Å². The fraction of sp³-hybridized carbons (Fsp3) is 0.538. The van der Waals surface area contributed by atoms with Crippen molar-refractivity contribution >= 4 is 5.69 Å². The number of nitrogens with zero attached hydrogens (tertiary/aromatic N) is 1. The van der Waals surface area contributed by atoms with Gasteiger partial charge in [0.25, 0.3) is 0 Å². The van der Waals surface area contributed by atoms with Crippen molar-refractivity contribution in [2.24, 2.45) is 5.92 Å². The predicted molar refractivity (Wildman–Crippen MR) is 63.0 cm³/mol. The third kappa shape index (κ3) is 2.73. The Kier molecular flexibility index (Phi) is 3.78. The smallest absolute Gasteiger partial charge is 0.123 e. The molecule has 0 aliphatic carbocycles. The number of aliphatic hydroxyl groups is 1. The van der Waals surface area contributed by atoms with E-state index in [1.165, 1.54) is 12.1 Å². The number of anilines is 1. The minimum atomic E-state index is -0.182. The van der Waals surface area contributed by atoms with E-state index in [1.807, 2.05) is 12.1 Å². The molecule has 2 rings (SSSR count). The number of rotatable bonds is 3. The van der Waals surface area contributed by atoms with Crippen LogP contribution >= 0.6 is 0 Å². The second kappa shape index (κ2) is 5.30. The van der Waals surface area contributed by atoms with Crippen molar-refractivity contribution in [3.8, 4) is 0 Å². The highest BCUT2D eigenvalue weighted by Crippen LogP contribution is 2.24. The van der Waals surface area contributed by atoms with Crippen LogP contribution < -0.4 is 4.90 Å². The summed E-state index contributed by atoms with van der Waals surface area (Å²) in [5.74, 6) is 0.473. The monoisotopic (exact) mass is 223 g/mol. The topological polar surface area (TPSA) is 23.5 Å². The number of benzene rings is 1. The largest absolute Gasteiger partial charge is 0.396 e. The van der Waals surface area contributed by atoms with Gasteiger partial charge in [0, 0.05) is 25.4 Å². The SMILES string of the molecule is OCCC1CCN(c2ccc(F)cc2)CC1. The van der Waals surface area contributed by atoms with Crippen LogP contribution in [-0.2, 0) is 0 Å². The number of hydrogen-bond acceptors (Lipinski definition) is 2. The summed E-state index contributed by atoms with van der Waals surface area (Å²) in [5.41, 5.74) is 1.10. The van der Waals surface area contributed by atoms with Crippen molar-refractivity contribution in [1.29, 1.82) is 0 Å². The number of piperidine rings is 1. The van der Waals surface area contributed by atoms with E-state index >= 15 is 0 Å². The molecule has 1 aromatic rings. The first-order valence-electron chi connectivity index (χ1n) is 5.91. The third-order valence-corrected chi connectivity index (χ3v) is 3.34. The maximum absolute atomic E-state index is 12.8. The molecule has 1 aromatic carbocycles. The molecular formula is C13H18FNO. The van der Waals surface area contributed by atoms with E-state index < -0.39 is 0 Å². The van der Waals surface area contributed by atoms with Gasteiger partial charge in [-0.15, -0.1) is 0 Å². The van der Waals surface area contributed by atoms with E-state index in [9.17, 15) is 4.39 Å². The van der Waals surface area contributed by atoms with Crippen LogP contribution in [0.4, 0.5) is 10.1 Å². The van der Waals surface area contributed by atoms with Crippen LogP contribution in [0.25, 0.3) is 0 Å². The molecule has 1 fully saturated rings. The Morgan fingerprint density at radius 1 is 1.19 bits per heavy atom. The molecular weight excluding hydrogens is 205 g/mol. The van der Waals surface area contributed by atoms with Crippen LogP contribution in [0, 0.1) is 11.7 Å². The molecule has 0 atom stereocenters. The average molecular weight is 223 g/mol. The van der Waals surface area contributed by atoms with Crippen molar-refractivity contribution in [1.82, 2.24) is 0 Å². The minimum absolute atomic E-state index is 0.182. The van der Waals surface area contributed by atoms with Gasteiger partial charge in [-0.1, -0.05) is 0 Å². The third-order valence-electron chi connectivity index (χ3n) is 3.34. The molecule has 2 nitrogen and oxygen atoms in total. The summed E-state index contributed by atoms with van der Waals surface area (Å²) in [6.07, 6.45) is 3.16. The average Bonchev–Trinajstić information content (AvgIpc) is 2.32. The Morgan fingerprint density at radius 2 is 1.81 bits per heavy atom. The lowest BCUT2D eigenvalue weighted by atomic mass is 9.93. The Bertz CT molecular complexity index is 317. The van der Waals surface area contributed by atoms with Gasteiger partial charge >= 0.3 is 0 Å². The van der Waals surface area contributed by atoms with E-state index in [0.29, 0.717) is 12.5 Å². The fourth-order valence-electron chi connectivity index (χ4n) is 2.31. The zero-order valence-electron chi connectivity index (χ0n) is 9.40. The first-order valence-corrected chi connectivity index (χ1v) is 5.91. The summed E-state index contributed by atoms with van der Waals surface area (Å²) in [6.45, 7) is 2.31. The lowest BCUT2D eigenvalue weighted by molar-refractivity contribution is 0.240. The molecule has 0 amide bonds.